The molecule has 1 heterocycles. The van der Waals surface area contributed by atoms with E-state index in [0.717, 1.165) is 11.3 Å². The van der Waals surface area contributed by atoms with E-state index in [0.29, 0.717) is 10.3 Å². The molecule has 0 aliphatic carbocycles. The first kappa shape index (κ1) is 14.0. The van der Waals surface area contributed by atoms with E-state index in [1.807, 2.05) is 38.1 Å². The van der Waals surface area contributed by atoms with Crippen molar-refractivity contribution in [2.24, 2.45) is 7.05 Å². The van der Waals surface area contributed by atoms with E-state index < -0.39 is 6.10 Å². The maximum atomic E-state index is 10.4. The second-order valence-corrected chi connectivity index (χ2v) is 5.28. The van der Waals surface area contributed by atoms with Gasteiger partial charge in [-0.3, -0.25) is 0 Å². The van der Waals surface area contributed by atoms with Gasteiger partial charge in [0.05, 0.1) is 6.10 Å². The first-order chi connectivity index (χ1) is 8.99. The number of ether oxygens (including phenoxy) is 1. The van der Waals surface area contributed by atoms with E-state index in [4.69, 9.17) is 4.74 Å². The lowest BCUT2D eigenvalue weighted by Gasteiger charge is -2.14. The quantitative estimate of drug-likeness (QED) is 0.938. The molecule has 19 heavy (non-hydrogen) atoms. The summed E-state index contributed by atoms with van der Waals surface area (Å²) in [6.45, 7) is 3.93. The highest BCUT2D eigenvalue weighted by Crippen LogP contribution is 2.28. The Morgan fingerprint density at radius 3 is 2.68 bits per heavy atom. The third-order valence-electron chi connectivity index (χ3n) is 2.63. The van der Waals surface area contributed by atoms with Crippen molar-refractivity contribution in [3.8, 4) is 5.75 Å². The largest absolute Gasteiger partial charge is 0.491 e. The van der Waals surface area contributed by atoms with Crippen LogP contribution < -0.4 is 4.74 Å². The summed E-state index contributed by atoms with van der Waals surface area (Å²) >= 11 is 3.29. The Labute approximate surface area is 120 Å². The zero-order valence-electron chi connectivity index (χ0n) is 11.0. The maximum Gasteiger partial charge on any atom is 0.154 e. The molecule has 0 saturated carbocycles. The first-order valence-electron chi connectivity index (χ1n) is 5.98. The van der Waals surface area contributed by atoms with Gasteiger partial charge in [-0.1, -0.05) is 17.3 Å². The molecule has 0 radical (unpaired) electrons. The molecule has 1 atom stereocenters. The summed E-state index contributed by atoms with van der Waals surface area (Å²) in [6.07, 6.45) is -0.706. The maximum absolute atomic E-state index is 10.4. The molecule has 0 aliphatic heterocycles. The average Bonchev–Trinajstić information content (AvgIpc) is 2.68. The van der Waals surface area contributed by atoms with E-state index >= 15 is 0 Å². The van der Waals surface area contributed by atoms with Crippen molar-refractivity contribution in [3.63, 3.8) is 0 Å². The molecular weight excluding hydrogens is 310 g/mol. The van der Waals surface area contributed by atoms with Gasteiger partial charge in [0.1, 0.15) is 17.5 Å². The molecule has 1 unspecified atom stereocenters. The Morgan fingerprint density at radius 1 is 1.37 bits per heavy atom. The number of aliphatic hydroxyl groups is 1. The van der Waals surface area contributed by atoms with Gasteiger partial charge >= 0.3 is 0 Å². The number of hydrogen-bond acceptors (Lipinski definition) is 4. The highest BCUT2D eigenvalue weighted by atomic mass is 79.9. The molecule has 0 bridgehead atoms. The van der Waals surface area contributed by atoms with E-state index in [1.54, 1.807) is 11.7 Å². The average molecular weight is 326 g/mol. The van der Waals surface area contributed by atoms with Crippen LogP contribution in [0.4, 0.5) is 0 Å². The van der Waals surface area contributed by atoms with Crippen molar-refractivity contribution < 1.29 is 9.84 Å². The highest BCUT2D eigenvalue weighted by molar-refractivity contribution is 9.10. The van der Waals surface area contributed by atoms with Crippen molar-refractivity contribution in [2.75, 3.05) is 0 Å². The van der Waals surface area contributed by atoms with Crippen LogP contribution in [-0.4, -0.2) is 26.2 Å². The normalized spacial score (nSPS) is 12.7. The highest BCUT2D eigenvalue weighted by Gasteiger charge is 2.19. The molecule has 0 spiro atoms. The van der Waals surface area contributed by atoms with E-state index in [9.17, 15) is 5.11 Å². The van der Waals surface area contributed by atoms with Crippen LogP contribution >= 0.6 is 15.9 Å². The van der Waals surface area contributed by atoms with Gasteiger partial charge in [0.15, 0.2) is 4.60 Å². The number of halogens is 1. The molecule has 102 valence electrons. The molecule has 2 aromatic rings. The zero-order chi connectivity index (χ0) is 14.0. The number of nitrogens with zero attached hydrogens (tertiary/aromatic N) is 3. The lowest BCUT2D eigenvalue weighted by Crippen LogP contribution is -2.09. The molecule has 6 heteroatoms. The van der Waals surface area contributed by atoms with Crippen LogP contribution in [0.2, 0.25) is 0 Å². The number of aryl methyl sites for hydroxylation is 1. The van der Waals surface area contributed by atoms with Gasteiger partial charge in [-0.2, -0.15) is 0 Å². The number of aromatic nitrogens is 3. The van der Waals surface area contributed by atoms with Gasteiger partial charge < -0.3 is 9.84 Å². The number of aliphatic hydroxyl groups excluding tert-OH is 1. The predicted octanol–water partition coefficient (Wildman–Crippen LogP) is 2.45. The van der Waals surface area contributed by atoms with Crippen molar-refractivity contribution in [3.05, 3.63) is 40.1 Å². The Balaban J connectivity index is 2.31. The second-order valence-electron chi connectivity index (χ2n) is 4.53. The van der Waals surface area contributed by atoms with Crippen molar-refractivity contribution in [1.82, 2.24) is 15.0 Å². The summed E-state index contributed by atoms with van der Waals surface area (Å²) < 4.78 is 7.71. The van der Waals surface area contributed by atoms with Crippen LogP contribution in [0.3, 0.4) is 0 Å². The molecular formula is C13H16BrN3O2. The fraction of sp³-hybridized carbons (Fsp3) is 0.385. The van der Waals surface area contributed by atoms with Gasteiger partial charge in [-0.25, -0.2) is 4.68 Å². The van der Waals surface area contributed by atoms with Gasteiger partial charge in [-0.15, -0.1) is 5.10 Å². The minimum absolute atomic E-state index is 0.0949. The fourth-order valence-corrected chi connectivity index (χ4v) is 2.36. The van der Waals surface area contributed by atoms with Crippen LogP contribution in [0, 0.1) is 0 Å². The van der Waals surface area contributed by atoms with Crippen LogP contribution in [-0.2, 0) is 7.05 Å². The summed E-state index contributed by atoms with van der Waals surface area (Å²) in [5.41, 5.74) is 1.35. The SMILES string of the molecule is CC(C)Oc1cccc(C(O)c2c(Br)nnn2C)c1. The summed E-state index contributed by atoms with van der Waals surface area (Å²) in [7, 11) is 1.74. The molecule has 1 aromatic heterocycles. The third kappa shape index (κ3) is 3.13. The number of rotatable bonds is 4. The summed E-state index contributed by atoms with van der Waals surface area (Å²) in [6, 6.07) is 7.39. The molecule has 5 nitrogen and oxygen atoms in total. The van der Waals surface area contributed by atoms with Crippen molar-refractivity contribution in [1.29, 1.82) is 0 Å². The second kappa shape index (κ2) is 5.71. The molecule has 2 rings (SSSR count). The Bertz CT molecular complexity index is 549. The lowest BCUT2D eigenvalue weighted by atomic mass is 10.1. The van der Waals surface area contributed by atoms with Gasteiger partial charge in [0.2, 0.25) is 0 Å². The summed E-state index contributed by atoms with van der Waals surface area (Å²) in [5.74, 6) is 0.734. The van der Waals surface area contributed by atoms with E-state index in [-0.39, 0.29) is 6.10 Å². The fourth-order valence-electron chi connectivity index (χ4n) is 1.82. The van der Waals surface area contributed by atoms with Gasteiger partial charge in [0.25, 0.3) is 0 Å². The molecule has 1 aromatic carbocycles. The molecule has 0 amide bonds. The number of benzene rings is 1. The molecule has 1 N–H and O–H groups in total. The van der Waals surface area contributed by atoms with Crippen LogP contribution in [0.1, 0.15) is 31.2 Å². The Hall–Kier alpha value is -1.40. The standard InChI is InChI=1S/C13H16BrN3O2/c1-8(2)19-10-6-4-5-9(7-10)12(18)11-13(14)15-16-17(11)3/h4-8,12,18H,1-3H3. The van der Waals surface area contributed by atoms with Crippen molar-refractivity contribution >= 4 is 15.9 Å². The predicted molar refractivity (Wildman–Crippen MR) is 75.0 cm³/mol. The smallest absolute Gasteiger partial charge is 0.154 e. The van der Waals surface area contributed by atoms with E-state index in [2.05, 4.69) is 26.2 Å². The number of hydrogen-bond donors (Lipinski definition) is 1. The van der Waals surface area contributed by atoms with E-state index in [1.165, 1.54) is 0 Å². The Morgan fingerprint density at radius 2 is 2.11 bits per heavy atom. The monoisotopic (exact) mass is 325 g/mol. The van der Waals surface area contributed by atoms with Crippen LogP contribution in [0.5, 0.6) is 5.75 Å². The Kier molecular flexibility index (Phi) is 4.21. The van der Waals surface area contributed by atoms with Crippen LogP contribution in [0.25, 0.3) is 0 Å². The topological polar surface area (TPSA) is 60.2 Å². The van der Waals surface area contributed by atoms with Gasteiger partial charge in [-0.05, 0) is 47.5 Å². The lowest BCUT2D eigenvalue weighted by molar-refractivity contribution is 0.206. The summed E-state index contributed by atoms with van der Waals surface area (Å²) in [4.78, 5) is 0. The molecule has 0 saturated heterocycles. The van der Waals surface area contributed by atoms with Gasteiger partial charge in [0, 0.05) is 7.05 Å². The third-order valence-corrected chi connectivity index (χ3v) is 3.20. The van der Waals surface area contributed by atoms with Crippen LogP contribution in [0.15, 0.2) is 28.9 Å². The minimum atomic E-state index is -0.801. The molecule has 0 aliphatic rings. The minimum Gasteiger partial charge on any atom is -0.491 e. The molecule has 0 fully saturated rings. The summed E-state index contributed by atoms with van der Waals surface area (Å²) in [5, 5.41) is 18.1. The first-order valence-corrected chi connectivity index (χ1v) is 6.78. The zero-order valence-corrected chi connectivity index (χ0v) is 12.6. The van der Waals surface area contributed by atoms with Crippen molar-refractivity contribution in [2.45, 2.75) is 26.1 Å².